The maximum absolute atomic E-state index is 14.1. The van der Waals surface area contributed by atoms with Gasteiger partial charge < -0.3 is 15.0 Å². The Bertz CT molecular complexity index is 1400. The topological polar surface area (TPSA) is 96.0 Å². The lowest BCUT2D eigenvalue weighted by molar-refractivity contribution is -0.140. The molecule has 0 heterocycles. The fourth-order valence-electron chi connectivity index (χ4n) is 4.20. The summed E-state index contributed by atoms with van der Waals surface area (Å²) in [4.78, 5) is 29.0. The van der Waals surface area contributed by atoms with E-state index in [4.69, 9.17) is 27.9 Å². The van der Waals surface area contributed by atoms with Gasteiger partial charge in [-0.3, -0.25) is 13.9 Å². The smallest absolute Gasteiger partial charge is 0.244 e. The standard InChI is InChI=1S/C29H33Cl2N3O5S/c1-4-17-32-29(36)26(18-21-11-6-5-7-12-21)33(19-22-23(30)13-10-14-24(22)31)28(35)20-34(40(3,37)38)25-15-8-9-16-27(25)39-2/h5-16,26H,4,17-20H2,1-3H3,(H,32,36)/t26-/m1/s1. The molecule has 0 bridgehead atoms. The minimum absolute atomic E-state index is 0.113. The van der Waals surface area contributed by atoms with Crippen LogP contribution in [0.2, 0.25) is 10.0 Å². The minimum Gasteiger partial charge on any atom is -0.495 e. The normalized spacial score (nSPS) is 11.9. The molecule has 1 N–H and O–H groups in total. The quantitative estimate of drug-likeness (QED) is 0.298. The van der Waals surface area contributed by atoms with Crippen molar-refractivity contribution in [2.45, 2.75) is 32.4 Å². The number of sulfonamides is 1. The zero-order valence-electron chi connectivity index (χ0n) is 22.6. The van der Waals surface area contributed by atoms with Crippen LogP contribution in [0.25, 0.3) is 0 Å². The molecule has 0 aliphatic rings. The molecule has 3 aromatic carbocycles. The molecule has 0 radical (unpaired) electrons. The molecule has 8 nitrogen and oxygen atoms in total. The molecule has 0 aromatic heterocycles. The molecule has 0 saturated heterocycles. The predicted octanol–water partition coefficient (Wildman–Crippen LogP) is 4.93. The Kier molecular flexibility index (Phi) is 11.2. The Morgan fingerprint density at radius 3 is 2.17 bits per heavy atom. The zero-order valence-corrected chi connectivity index (χ0v) is 25.0. The highest BCUT2D eigenvalue weighted by molar-refractivity contribution is 7.92. The molecule has 0 fully saturated rings. The van der Waals surface area contributed by atoms with Crippen LogP contribution in [0.15, 0.2) is 72.8 Å². The highest BCUT2D eigenvalue weighted by Gasteiger charge is 2.34. The predicted molar refractivity (Wildman–Crippen MR) is 159 cm³/mol. The van der Waals surface area contributed by atoms with Gasteiger partial charge in [-0.05, 0) is 36.2 Å². The summed E-state index contributed by atoms with van der Waals surface area (Å²) in [6.45, 7) is 1.65. The van der Waals surface area contributed by atoms with Crippen LogP contribution in [0.5, 0.6) is 5.75 Å². The van der Waals surface area contributed by atoms with Gasteiger partial charge in [-0.15, -0.1) is 0 Å². The number of halogens is 2. The van der Waals surface area contributed by atoms with Gasteiger partial charge in [-0.2, -0.15) is 0 Å². The van der Waals surface area contributed by atoms with Gasteiger partial charge in [-0.1, -0.05) is 78.7 Å². The van der Waals surface area contributed by atoms with Crippen LogP contribution in [0.3, 0.4) is 0 Å². The number of methoxy groups -OCH3 is 1. The summed E-state index contributed by atoms with van der Waals surface area (Å²) in [6, 6.07) is 19.8. The van der Waals surface area contributed by atoms with Crippen molar-refractivity contribution in [2.24, 2.45) is 0 Å². The molecule has 2 amide bonds. The van der Waals surface area contributed by atoms with Crippen LogP contribution >= 0.6 is 23.2 Å². The monoisotopic (exact) mass is 605 g/mol. The van der Waals surface area contributed by atoms with Crippen molar-refractivity contribution >= 4 is 50.7 Å². The number of ether oxygens (including phenoxy) is 1. The summed E-state index contributed by atoms with van der Waals surface area (Å²) in [5, 5.41) is 3.53. The van der Waals surface area contributed by atoms with Crippen LogP contribution in [0.4, 0.5) is 5.69 Å². The van der Waals surface area contributed by atoms with Crippen LogP contribution in [0, 0.1) is 0 Å². The van der Waals surface area contributed by atoms with E-state index in [-0.39, 0.29) is 30.3 Å². The minimum atomic E-state index is -3.93. The molecule has 11 heteroatoms. The first kappa shape index (κ1) is 31.3. The Morgan fingerprint density at radius 2 is 1.57 bits per heavy atom. The zero-order chi connectivity index (χ0) is 29.3. The summed E-state index contributed by atoms with van der Waals surface area (Å²) in [7, 11) is -2.52. The van der Waals surface area contributed by atoms with Gasteiger partial charge >= 0.3 is 0 Å². The van der Waals surface area contributed by atoms with E-state index in [0.29, 0.717) is 28.6 Å². The number of hydrogen-bond acceptors (Lipinski definition) is 5. The number of hydrogen-bond donors (Lipinski definition) is 1. The van der Waals surface area contributed by atoms with E-state index < -0.39 is 28.5 Å². The van der Waals surface area contributed by atoms with E-state index in [1.165, 1.54) is 12.0 Å². The Hall–Kier alpha value is -3.27. The molecule has 0 aliphatic heterocycles. The third-order valence-electron chi connectivity index (χ3n) is 6.24. The third kappa shape index (κ3) is 8.13. The molecule has 40 heavy (non-hydrogen) atoms. The Morgan fingerprint density at radius 1 is 0.950 bits per heavy atom. The third-order valence-corrected chi connectivity index (χ3v) is 8.08. The molecular weight excluding hydrogens is 573 g/mol. The van der Waals surface area contributed by atoms with Gasteiger partial charge in [0.25, 0.3) is 0 Å². The summed E-state index contributed by atoms with van der Waals surface area (Å²) in [6.07, 6.45) is 1.90. The van der Waals surface area contributed by atoms with Crippen LogP contribution in [-0.2, 0) is 32.6 Å². The molecule has 214 valence electrons. The van der Waals surface area contributed by atoms with Gasteiger partial charge in [-0.25, -0.2) is 8.42 Å². The molecule has 0 aliphatic carbocycles. The lowest BCUT2D eigenvalue weighted by Crippen LogP contribution is -2.53. The summed E-state index contributed by atoms with van der Waals surface area (Å²) < 4.78 is 32.2. The number of carbonyl (C=O) groups is 2. The van der Waals surface area contributed by atoms with Gasteiger partial charge in [0, 0.05) is 35.1 Å². The highest BCUT2D eigenvalue weighted by atomic mass is 35.5. The van der Waals surface area contributed by atoms with Crippen molar-refractivity contribution in [1.82, 2.24) is 10.2 Å². The maximum Gasteiger partial charge on any atom is 0.244 e. The molecule has 0 saturated carbocycles. The number of para-hydroxylation sites is 2. The average Bonchev–Trinajstić information content (AvgIpc) is 2.93. The summed E-state index contributed by atoms with van der Waals surface area (Å²) in [5.74, 6) is -0.701. The number of carbonyl (C=O) groups excluding carboxylic acids is 2. The molecular formula is C29H33Cl2N3O5S. The first-order valence-corrected chi connectivity index (χ1v) is 15.3. The molecule has 3 aromatic rings. The number of anilines is 1. The number of rotatable bonds is 13. The van der Waals surface area contributed by atoms with E-state index in [1.54, 1.807) is 42.5 Å². The van der Waals surface area contributed by atoms with Crippen LogP contribution in [-0.4, -0.2) is 57.6 Å². The van der Waals surface area contributed by atoms with Gasteiger partial charge in [0.05, 0.1) is 19.1 Å². The first-order valence-electron chi connectivity index (χ1n) is 12.7. The SMILES string of the molecule is CCCNC(=O)[C@@H](Cc1ccccc1)N(Cc1c(Cl)cccc1Cl)C(=O)CN(c1ccccc1OC)S(C)(=O)=O. The lowest BCUT2D eigenvalue weighted by Gasteiger charge is -2.34. The second-order valence-electron chi connectivity index (χ2n) is 9.16. The Balaban J connectivity index is 2.11. The Labute approximate surface area is 245 Å². The van der Waals surface area contributed by atoms with Gasteiger partial charge in [0.1, 0.15) is 18.3 Å². The van der Waals surface area contributed by atoms with Crippen LogP contribution in [0.1, 0.15) is 24.5 Å². The van der Waals surface area contributed by atoms with Gasteiger partial charge in [0.2, 0.25) is 21.8 Å². The number of nitrogens with zero attached hydrogens (tertiary/aromatic N) is 2. The molecule has 1 atom stereocenters. The van der Waals surface area contributed by atoms with Crippen molar-refractivity contribution in [2.75, 3.05) is 30.8 Å². The second-order valence-corrected chi connectivity index (χ2v) is 11.9. The van der Waals surface area contributed by atoms with Crippen molar-refractivity contribution in [3.63, 3.8) is 0 Å². The van der Waals surface area contributed by atoms with E-state index in [2.05, 4.69) is 5.32 Å². The van der Waals surface area contributed by atoms with Gasteiger partial charge in [0.15, 0.2) is 0 Å². The van der Waals surface area contributed by atoms with E-state index in [1.807, 2.05) is 37.3 Å². The van der Waals surface area contributed by atoms with E-state index in [9.17, 15) is 18.0 Å². The maximum atomic E-state index is 14.1. The van der Waals surface area contributed by atoms with Crippen molar-refractivity contribution in [3.05, 3.63) is 94.0 Å². The number of benzene rings is 3. The van der Waals surface area contributed by atoms with Crippen LogP contribution < -0.4 is 14.4 Å². The van der Waals surface area contributed by atoms with E-state index >= 15 is 0 Å². The number of amides is 2. The lowest BCUT2D eigenvalue weighted by atomic mass is 10.0. The molecule has 0 spiro atoms. The fraction of sp³-hybridized carbons (Fsp3) is 0.310. The summed E-state index contributed by atoms with van der Waals surface area (Å²) in [5.41, 5.74) is 1.47. The second kappa shape index (κ2) is 14.4. The highest BCUT2D eigenvalue weighted by Crippen LogP contribution is 2.31. The van der Waals surface area contributed by atoms with E-state index in [0.717, 1.165) is 16.1 Å². The molecule has 3 rings (SSSR count). The van der Waals surface area contributed by atoms with Crippen molar-refractivity contribution in [3.8, 4) is 5.75 Å². The number of nitrogens with one attached hydrogen (secondary N) is 1. The largest absolute Gasteiger partial charge is 0.495 e. The van der Waals surface area contributed by atoms with Crippen molar-refractivity contribution in [1.29, 1.82) is 0 Å². The molecule has 0 unspecified atom stereocenters. The van der Waals surface area contributed by atoms with Crippen molar-refractivity contribution < 1.29 is 22.7 Å². The average molecular weight is 607 g/mol. The fourth-order valence-corrected chi connectivity index (χ4v) is 5.57. The first-order chi connectivity index (χ1) is 19.1. The summed E-state index contributed by atoms with van der Waals surface area (Å²) >= 11 is 12.9.